The van der Waals surface area contributed by atoms with Crippen LogP contribution in [-0.4, -0.2) is 38.1 Å². The minimum absolute atomic E-state index is 0.0488. The van der Waals surface area contributed by atoms with Gasteiger partial charge in [0.25, 0.3) is 0 Å². The van der Waals surface area contributed by atoms with Crippen LogP contribution in [0.1, 0.15) is 31.0 Å². The van der Waals surface area contributed by atoms with Gasteiger partial charge in [0.1, 0.15) is 12.4 Å². The lowest BCUT2D eigenvalue weighted by atomic mass is 10.0. The number of rotatable bonds is 9. The second-order valence-corrected chi connectivity index (χ2v) is 4.51. The van der Waals surface area contributed by atoms with Gasteiger partial charge in [-0.25, -0.2) is 0 Å². The van der Waals surface area contributed by atoms with Gasteiger partial charge in [0.15, 0.2) is 0 Å². The highest BCUT2D eigenvalue weighted by Crippen LogP contribution is 2.26. The molecule has 0 aliphatic rings. The zero-order valence-corrected chi connectivity index (χ0v) is 12.1. The second-order valence-electron chi connectivity index (χ2n) is 4.51. The van der Waals surface area contributed by atoms with E-state index in [9.17, 15) is 0 Å². The Hall–Kier alpha value is -1.10. The summed E-state index contributed by atoms with van der Waals surface area (Å²) in [5.74, 6) is 0.904. The minimum atomic E-state index is 0.0488. The van der Waals surface area contributed by atoms with Crippen molar-refractivity contribution in [2.75, 3.05) is 33.0 Å². The maximum atomic E-state index is 8.62. The lowest BCUT2D eigenvalue weighted by molar-refractivity contribution is 0.0702. The molecule has 0 amide bonds. The van der Waals surface area contributed by atoms with Crippen molar-refractivity contribution in [3.8, 4) is 5.75 Å². The molecule has 1 atom stereocenters. The summed E-state index contributed by atoms with van der Waals surface area (Å²) in [5.41, 5.74) is 2.34. The molecule has 0 spiro atoms. The Bertz CT molecular complexity index is 368. The summed E-state index contributed by atoms with van der Waals surface area (Å²) < 4.78 is 11.0. The highest BCUT2D eigenvalue weighted by Gasteiger charge is 2.10. The Morgan fingerprint density at radius 3 is 2.74 bits per heavy atom. The van der Waals surface area contributed by atoms with E-state index in [4.69, 9.17) is 14.6 Å². The van der Waals surface area contributed by atoms with Crippen molar-refractivity contribution >= 4 is 0 Å². The van der Waals surface area contributed by atoms with Gasteiger partial charge in [-0.3, -0.25) is 0 Å². The Balaban J connectivity index is 2.61. The molecule has 0 bridgehead atoms. The van der Waals surface area contributed by atoms with Gasteiger partial charge in [-0.2, -0.15) is 0 Å². The van der Waals surface area contributed by atoms with Crippen LogP contribution in [-0.2, 0) is 4.74 Å². The zero-order valence-electron chi connectivity index (χ0n) is 12.1. The molecule has 0 aliphatic heterocycles. The van der Waals surface area contributed by atoms with Crippen LogP contribution in [0.3, 0.4) is 0 Å². The third kappa shape index (κ3) is 5.59. The van der Waals surface area contributed by atoms with Crippen molar-refractivity contribution in [2.24, 2.45) is 0 Å². The molecule has 0 saturated heterocycles. The Labute approximate surface area is 115 Å². The largest absolute Gasteiger partial charge is 0.491 e. The highest BCUT2D eigenvalue weighted by atomic mass is 16.5. The SMILES string of the molecule is CCNC(C)c1ccc(C)cc1OCCOCCO. The number of aliphatic hydroxyl groups is 1. The van der Waals surface area contributed by atoms with Crippen LogP contribution >= 0.6 is 0 Å². The minimum Gasteiger partial charge on any atom is -0.491 e. The molecule has 108 valence electrons. The van der Waals surface area contributed by atoms with Crippen LogP contribution in [0.15, 0.2) is 18.2 Å². The Morgan fingerprint density at radius 2 is 2.05 bits per heavy atom. The number of hydrogen-bond donors (Lipinski definition) is 2. The summed E-state index contributed by atoms with van der Waals surface area (Å²) in [4.78, 5) is 0. The molecule has 4 nitrogen and oxygen atoms in total. The van der Waals surface area contributed by atoms with Gasteiger partial charge in [-0.05, 0) is 32.0 Å². The van der Waals surface area contributed by atoms with E-state index in [0.717, 1.165) is 17.9 Å². The molecule has 0 aromatic heterocycles. The van der Waals surface area contributed by atoms with E-state index in [1.165, 1.54) is 5.56 Å². The van der Waals surface area contributed by atoms with Gasteiger partial charge in [-0.1, -0.05) is 19.1 Å². The van der Waals surface area contributed by atoms with E-state index in [0.29, 0.717) is 19.8 Å². The van der Waals surface area contributed by atoms with Crippen molar-refractivity contribution in [3.63, 3.8) is 0 Å². The highest BCUT2D eigenvalue weighted by molar-refractivity contribution is 5.39. The predicted molar refractivity (Wildman–Crippen MR) is 76.7 cm³/mol. The van der Waals surface area contributed by atoms with Crippen molar-refractivity contribution in [1.29, 1.82) is 0 Å². The van der Waals surface area contributed by atoms with Crippen LogP contribution in [0, 0.1) is 6.92 Å². The monoisotopic (exact) mass is 267 g/mol. The fourth-order valence-corrected chi connectivity index (χ4v) is 1.92. The summed E-state index contributed by atoms with van der Waals surface area (Å²) in [6.45, 7) is 8.59. The van der Waals surface area contributed by atoms with Crippen LogP contribution < -0.4 is 10.1 Å². The summed E-state index contributed by atoms with van der Waals surface area (Å²) in [6, 6.07) is 6.51. The summed E-state index contributed by atoms with van der Waals surface area (Å²) in [5, 5.41) is 12.0. The van der Waals surface area contributed by atoms with E-state index in [-0.39, 0.29) is 12.6 Å². The van der Waals surface area contributed by atoms with Gasteiger partial charge in [0, 0.05) is 11.6 Å². The number of nitrogens with one attached hydrogen (secondary N) is 1. The quantitative estimate of drug-likeness (QED) is 0.672. The molecule has 1 unspecified atom stereocenters. The number of aryl methyl sites for hydroxylation is 1. The zero-order chi connectivity index (χ0) is 14.1. The predicted octanol–water partition coefficient (Wildman–Crippen LogP) is 2.05. The summed E-state index contributed by atoms with van der Waals surface area (Å²) in [7, 11) is 0. The van der Waals surface area contributed by atoms with Crippen LogP contribution in [0.5, 0.6) is 5.75 Å². The standard InChI is InChI=1S/C15H25NO3/c1-4-16-13(3)14-6-5-12(2)11-15(14)19-10-9-18-8-7-17/h5-6,11,13,16-17H,4,7-10H2,1-3H3. The molecule has 0 saturated carbocycles. The third-order valence-electron chi connectivity index (χ3n) is 2.87. The van der Waals surface area contributed by atoms with E-state index in [1.807, 2.05) is 0 Å². The Kier molecular flexibility index (Phi) is 7.48. The normalized spacial score (nSPS) is 12.4. The van der Waals surface area contributed by atoms with Crippen molar-refractivity contribution in [2.45, 2.75) is 26.8 Å². The van der Waals surface area contributed by atoms with Crippen molar-refractivity contribution in [3.05, 3.63) is 29.3 Å². The molecule has 4 heteroatoms. The smallest absolute Gasteiger partial charge is 0.124 e. The first-order chi connectivity index (χ1) is 9.19. The molecule has 2 N–H and O–H groups in total. The van der Waals surface area contributed by atoms with Crippen molar-refractivity contribution in [1.82, 2.24) is 5.32 Å². The fourth-order valence-electron chi connectivity index (χ4n) is 1.92. The molecular weight excluding hydrogens is 242 g/mol. The first kappa shape index (κ1) is 16.0. The molecule has 0 radical (unpaired) electrons. The third-order valence-corrected chi connectivity index (χ3v) is 2.87. The van der Waals surface area contributed by atoms with Crippen LogP contribution in [0.25, 0.3) is 0 Å². The van der Waals surface area contributed by atoms with E-state index in [2.05, 4.69) is 44.3 Å². The number of ether oxygens (including phenoxy) is 2. The maximum Gasteiger partial charge on any atom is 0.124 e. The first-order valence-electron chi connectivity index (χ1n) is 6.84. The van der Waals surface area contributed by atoms with Crippen LogP contribution in [0.2, 0.25) is 0 Å². The molecular formula is C15H25NO3. The number of hydrogen-bond acceptors (Lipinski definition) is 4. The lowest BCUT2D eigenvalue weighted by Gasteiger charge is -2.18. The first-order valence-corrected chi connectivity index (χ1v) is 6.84. The lowest BCUT2D eigenvalue weighted by Crippen LogP contribution is -2.19. The molecule has 0 fully saturated rings. The number of benzene rings is 1. The van der Waals surface area contributed by atoms with E-state index in [1.54, 1.807) is 0 Å². The topological polar surface area (TPSA) is 50.7 Å². The van der Waals surface area contributed by atoms with Gasteiger partial charge in [0.05, 0.1) is 19.8 Å². The molecule has 0 aliphatic carbocycles. The molecule has 1 aromatic rings. The molecule has 1 rings (SSSR count). The fraction of sp³-hybridized carbons (Fsp3) is 0.600. The van der Waals surface area contributed by atoms with Crippen molar-refractivity contribution < 1.29 is 14.6 Å². The Morgan fingerprint density at radius 1 is 1.26 bits per heavy atom. The molecule has 19 heavy (non-hydrogen) atoms. The second kappa shape index (κ2) is 8.91. The summed E-state index contributed by atoms with van der Waals surface area (Å²) >= 11 is 0. The van der Waals surface area contributed by atoms with E-state index < -0.39 is 0 Å². The van der Waals surface area contributed by atoms with Gasteiger partial charge >= 0.3 is 0 Å². The average Bonchev–Trinajstić information content (AvgIpc) is 2.39. The molecule has 1 aromatic carbocycles. The number of aliphatic hydroxyl groups excluding tert-OH is 1. The van der Waals surface area contributed by atoms with E-state index >= 15 is 0 Å². The maximum absolute atomic E-state index is 8.62. The average molecular weight is 267 g/mol. The summed E-state index contributed by atoms with van der Waals surface area (Å²) in [6.07, 6.45) is 0. The molecule has 0 heterocycles. The van der Waals surface area contributed by atoms with Gasteiger partial charge in [0.2, 0.25) is 0 Å². The van der Waals surface area contributed by atoms with Gasteiger partial charge < -0.3 is 19.9 Å². The van der Waals surface area contributed by atoms with Crippen LogP contribution in [0.4, 0.5) is 0 Å². The van der Waals surface area contributed by atoms with Gasteiger partial charge in [-0.15, -0.1) is 0 Å².